The number of rotatable bonds is 15. The number of benzene rings is 2. The topological polar surface area (TPSA) is 233 Å². The minimum absolute atomic E-state index is 0.0516. The first-order valence-corrected chi connectivity index (χ1v) is 13.4. The molecular formula is C30H31N5O9. The number of carbonyl (C=O) groups is 5. The Morgan fingerprint density at radius 2 is 1.75 bits per heavy atom. The number of H-pyrrole nitrogens is 1. The first-order chi connectivity index (χ1) is 20.8. The Balaban J connectivity index is 1.74. The number of aliphatic carboxylic acids is 3. The molecule has 0 fully saturated rings. The van der Waals surface area contributed by atoms with Crippen molar-refractivity contribution in [2.45, 2.75) is 44.8 Å². The number of anilines is 1. The van der Waals surface area contributed by atoms with Gasteiger partial charge in [0.15, 0.2) is 5.78 Å². The number of aromatic nitrogens is 2. The fourth-order valence-electron chi connectivity index (χ4n) is 4.51. The highest BCUT2D eigenvalue weighted by molar-refractivity contribution is 6.02. The third kappa shape index (κ3) is 8.49. The van der Waals surface area contributed by atoms with Gasteiger partial charge < -0.3 is 36.3 Å². The number of ketones is 1. The van der Waals surface area contributed by atoms with Gasteiger partial charge in [-0.15, -0.1) is 6.42 Å². The average Bonchev–Trinajstić information content (AvgIpc) is 2.97. The second kappa shape index (κ2) is 14.6. The lowest BCUT2D eigenvalue weighted by Gasteiger charge is -2.23. The van der Waals surface area contributed by atoms with E-state index in [9.17, 15) is 39.0 Å². The normalized spacial score (nSPS) is 12.8. The smallest absolute Gasteiger partial charge is 0.326 e. The van der Waals surface area contributed by atoms with E-state index in [4.69, 9.17) is 17.3 Å². The number of hydrogen-bond donors (Lipinski definition) is 6. The van der Waals surface area contributed by atoms with Crippen molar-refractivity contribution < 1.29 is 39.3 Å². The SMILES string of the molecule is C#CCN(Cc1ccc2nc(C)[nH]c(=O)c2c1)c1ccc(C(=O)N[C@H](CC(C(=O)O)C(=O)[C@H](N)CCC(=O)O)C(=O)O)cc1. The molecule has 14 nitrogen and oxygen atoms in total. The summed E-state index contributed by atoms with van der Waals surface area (Å²) in [5.41, 5.74) is 7.38. The number of aromatic amines is 1. The molecule has 3 rings (SSSR count). The van der Waals surface area contributed by atoms with Crippen LogP contribution in [0.1, 0.15) is 41.0 Å². The van der Waals surface area contributed by atoms with Gasteiger partial charge in [0.25, 0.3) is 11.5 Å². The number of aryl methyl sites for hydroxylation is 1. The van der Waals surface area contributed by atoms with Crippen LogP contribution in [0.2, 0.25) is 0 Å². The second-order valence-corrected chi connectivity index (χ2v) is 10.0. The summed E-state index contributed by atoms with van der Waals surface area (Å²) in [5.74, 6) is -5.17. The van der Waals surface area contributed by atoms with Gasteiger partial charge in [0.2, 0.25) is 0 Å². The van der Waals surface area contributed by atoms with Crippen molar-refractivity contribution in [2.75, 3.05) is 11.4 Å². The Kier molecular flexibility index (Phi) is 10.9. The van der Waals surface area contributed by atoms with Gasteiger partial charge in [-0.25, -0.2) is 9.78 Å². The van der Waals surface area contributed by atoms with Crippen molar-refractivity contribution in [1.29, 1.82) is 0 Å². The standard InChI is InChI=1S/C30H31N5O9/c1-3-12-35(15-17-4-10-23-20(13-17)28(40)33-16(2)32-23)19-7-5-18(6-8-19)27(39)34-24(30(43)44)14-21(29(41)42)26(38)22(31)9-11-25(36)37/h1,4-8,10,13,21-22,24H,9,11-12,14-15,31H2,2H3,(H,34,39)(H,36,37)(H,41,42)(H,43,44)(H,32,33,40)/t21?,22-,24-/m1/s1. The summed E-state index contributed by atoms with van der Waals surface area (Å²) in [4.78, 5) is 81.0. The van der Waals surface area contributed by atoms with Crippen molar-refractivity contribution in [2.24, 2.45) is 11.7 Å². The van der Waals surface area contributed by atoms with Gasteiger partial charge >= 0.3 is 17.9 Å². The molecule has 7 N–H and O–H groups in total. The Morgan fingerprint density at radius 3 is 2.34 bits per heavy atom. The molecule has 0 radical (unpaired) electrons. The van der Waals surface area contributed by atoms with Gasteiger partial charge in [-0.1, -0.05) is 12.0 Å². The van der Waals surface area contributed by atoms with E-state index in [0.29, 0.717) is 29.0 Å². The second-order valence-electron chi connectivity index (χ2n) is 10.0. The predicted octanol–water partition coefficient (Wildman–Crippen LogP) is 0.906. The van der Waals surface area contributed by atoms with E-state index in [2.05, 4.69) is 21.2 Å². The van der Waals surface area contributed by atoms with Gasteiger partial charge in [0, 0.05) is 24.2 Å². The van der Waals surface area contributed by atoms with Crippen LogP contribution in [0.25, 0.3) is 10.9 Å². The van der Waals surface area contributed by atoms with Crippen LogP contribution in [0, 0.1) is 25.2 Å². The van der Waals surface area contributed by atoms with Crippen LogP contribution in [0.4, 0.5) is 5.69 Å². The van der Waals surface area contributed by atoms with E-state index in [1.54, 1.807) is 31.2 Å². The van der Waals surface area contributed by atoms with E-state index < -0.39 is 60.4 Å². The summed E-state index contributed by atoms with van der Waals surface area (Å²) in [6.07, 6.45) is 3.96. The van der Waals surface area contributed by atoms with E-state index in [-0.39, 0.29) is 24.1 Å². The van der Waals surface area contributed by atoms with Crippen LogP contribution >= 0.6 is 0 Å². The predicted molar refractivity (Wildman–Crippen MR) is 158 cm³/mol. The van der Waals surface area contributed by atoms with Crippen molar-refractivity contribution in [3.8, 4) is 12.3 Å². The van der Waals surface area contributed by atoms with Gasteiger partial charge in [-0.05, 0) is 61.7 Å². The number of carboxylic acids is 3. The first-order valence-electron chi connectivity index (χ1n) is 13.4. The number of fused-ring (bicyclic) bond motifs is 1. The van der Waals surface area contributed by atoms with Crippen LogP contribution in [-0.4, -0.2) is 73.5 Å². The van der Waals surface area contributed by atoms with Gasteiger partial charge in [0.1, 0.15) is 17.8 Å². The zero-order valence-electron chi connectivity index (χ0n) is 23.6. The van der Waals surface area contributed by atoms with Crippen molar-refractivity contribution in [3.05, 3.63) is 69.8 Å². The molecule has 0 aliphatic rings. The molecule has 0 saturated heterocycles. The molecule has 14 heteroatoms. The molecular weight excluding hydrogens is 574 g/mol. The molecule has 2 aromatic carbocycles. The Bertz CT molecular complexity index is 1680. The van der Waals surface area contributed by atoms with Gasteiger partial charge in [-0.2, -0.15) is 0 Å². The fourth-order valence-corrected chi connectivity index (χ4v) is 4.51. The quantitative estimate of drug-likeness (QED) is 0.105. The molecule has 44 heavy (non-hydrogen) atoms. The summed E-state index contributed by atoms with van der Waals surface area (Å²) >= 11 is 0. The fraction of sp³-hybridized carbons (Fsp3) is 0.300. The maximum Gasteiger partial charge on any atom is 0.326 e. The van der Waals surface area contributed by atoms with E-state index >= 15 is 0 Å². The van der Waals surface area contributed by atoms with Gasteiger partial charge in [-0.3, -0.25) is 24.0 Å². The third-order valence-electron chi connectivity index (χ3n) is 6.79. The summed E-state index contributed by atoms with van der Waals surface area (Å²) in [6.45, 7) is 2.19. The number of Topliss-reactive ketones (excluding diaryl/α,β-unsaturated/α-hetero) is 1. The minimum Gasteiger partial charge on any atom is -0.481 e. The molecule has 230 valence electrons. The van der Waals surface area contributed by atoms with Crippen LogP contribution in [-0.2, 0) is 25.7 Å². The summed E-state index contributed by atoms with van der Waals surface area (Å²) in [6, 6.07) is 8.10. The number of nitrogens with one attached hydrogen (secondary N) is 2. The maximum absolute atomic E-state index is 12.9. The van der Waals surface area contributed by atoms with E-state index in [1.165, 1.54) is 12.1 Å². The Hall–Kier alpha value is -5.55. The lowest BCUT2D eigenvalue weighted by Crippen LogP contribution is -2.47. The van der Waals surface area contributed by atoms with Crippen LogP contribution in [0.15, 0.2) is 47.3 Å². The lowest BCUT2D eigenvalue weighted by atomic mass is 9.90. The number of amides is 1. The Morgan fingerprint density at radius 1 is 1.07 bits per heavy atom. The van der Waals surface area contributed by atoms with Crippen molar-refractivity contribution in [3.63, 3.8) is 0 Å². The number of hydrogen-bond acceptors (Lipinski definition) is 9. The average molecular weight is 606 g/mol. The highest BCUT2D eigenvalue weighted by atomic mass is 16.4. The van der Waals surface area contributed by atoms with E-state index in [1.807, 2.05) is 11.0 Å². The largest absolute Gasteiger partial charge is 0.481 e. The van der Waals surface area contributed by atoms with Crippen LogP contribution in [0.3, 0.4) is 0 Å². The van der Waals surface area contributed by atoms with E-state index in [0.717, 1.165) is 5.56 Å². The highest BCUT2D eigenvalue weighted by Gasteiger charge is 2.36. The minimum atomic E-state index is -1.88. The van der Waals surface area contributed by atoms with Crippen molar-refractivity contribution in [1.82, 2.24) is 15.3 Å². The molecule has 1 heterocycles. The monoisotopic (exact) mass is 605 g/mol. The molecule has 1 amide bonds. The molecule has 0 bridgehead atoms. The molecule has 0 aliphatic heterocycles. The zero-order valence-corrected chi connectivity index (χ0v) is 23.6. The summed E-state index contributed by atoms with van der Waals surface area (Å²) in [7, 11) is 0. The number of nitrogens with two attached hydrogens (primary N) is 1. The molecule has 0 saturated carbocycles. The summed E-state index contributed by atoms with van der Waals surface area (Å²) in [5, 5.41) is 30.6. The molecule has 1 unspecified atom stereocenters. The van der Waals surface area contributed by atoms with Crippen molar-refractivity contribution >= 4 is 46.2 Å². The molecule has 3 aromatic rings. The molecule has 0 aliphatic carbocycles. The van der Waals surface area contributed by atoms with Gasteiger partial charge in [0.05, 0.1) is 23.5 Å². The van der Waals surface area contributed by atoms with Crippen LogP contribution < -0.4 is 21.5 Å². The summed E-state index contributed by atoms with van der Waals surface area (Å²) < 4.78 is 0. The maximum atomic E-state index is 12.9. The molecule has 1 aromatic heterocycles. The molecule has 0 spiro atoms. The first kappa shape index (κ1) is 33.0. The number of carboxylic acid groups (broad SMARTS) is 3. The number of carbonyl (C=O) groups excluding carboxylic acids is 2. The molecule has 3 atom stereocenters. The zero-order chi connectivity index (χ0) is 32.6. The van der Waals surface area contributed by atoms with Crippen LogP contribution in [0.5, 0.6) is 0 Å². The number of terminal acetylenes is 1. The lowest BCUT2D eigenvalue weighted by molar-refractivity contribution is -0.148. The third-order valence-corrected chi connectivity index (χ3v) is 6.79. The highest BCUT2D eigenvalue weighted by Crippen LogP contribution is 2.20. The number of nitrogens with zero attached hydrogens (tertiary/aromatic N) is 2. The Labute approximate surface area is 250 Å².